The third-order valence-corrected chi connectivity index (χ3v) is 7.20. The summed E-state index contributed by atoms with van der Waals surface area (Å²) in [7, 11) is -7.52. The molecule has 1 aromatic carbocycles. The lowest BCUT2D eigenvalue weighted by Crippen LogP contribution is -2.35. The van der Waals surface area contributed by atoms with Gasteiger partial charge in [-0.2, -0.15) is 0 Å². The van der Waals surface area contributed by atoms with Gasteiger partial charge in [-0.25, -0.2) is 25.9 Å². The summed E-state index contributed by atoms with van der Waals surface area (Å²) in [4.78, 5) is -0.692. The third-order valence-electron chi connectivity index (χ3n) is 3.29. The Morgan fingerprint density at radius 2 is 2.10 bits per heavy atom. The molecule has 21 heavy (non-hydrogen) atoms. The smallest absolute Gasteiger partial charge is 0.243 e. The average molecular weight is 357 g/mol. The molecule has 3 N–H and O–H groups in total. The van der Waals surface area contributed by atoms with E-state index >= 15 is 0 Å². The fourth-order valence-corrected chi connectivity index (χ4v) is 5.52. The minimum atomic E-state index is -4.23. The lowest BCUT2D eigenvalue weighted by molar-refractivity contribution is 0.554. The Morgan fingerprint density at radius 1 is 1.43 bits per heavy atom. The standard InChI is InChI=1S/C11H14ClFN2O4S2/c12-7-4-9(14)11(13)10(5-7)21(18,19)15-6-8-2-1-3-20(8,16)17/h4-5,8,15H,1-3,6,14H2. The molecule has 2 rings (SSSR count). The van der Waals surface area contributed by atoms with Crippen LogP contribution in [0.5, 0.6) is 0 Å². The van der Waals surface area contributed by atoms with Crippen molar-refractivity contribution in [1.29, 1.82) is 0 Å². The Hall–Kier alpha value is -0.900. The number of hydrogen-bond acceptors (Lipinski definition) is 5. The molecule has 6 nitrogen and oxygen atoms in total. The molecule has 0 spiro atoms. The minimum Gasteiger partial charge on any atom is -0.396 e. The SMILES string of the molecule is Nc1cc(Cl)cc(S(=O)(=O)NCC2CCCS2(=O)=O)c1F. The molecular weight excluding hydrogens is 343 g/mol. The zero-order valence-electron chi connectivity index (χ0n) is 10.8. The molecule has 1 aliphatic rings. The van der Waals surface area contributed by atoms with Crippen LogP contribution >= 0.6 is 11.6 Å². The van der Waals surface area contributed by atoms with Crippen LogP contribution in [-0.2, 0) is 19.9 Å². The molecule has 0 aliphatic carbocycles. The zero-order chi connectivity index (χ0) is 15.8. The maximum absolute atomic E-state index is 13.8. The first-order valence-corrected chi connectivity index (χ1v) is 9.67. The van der Waals surface area contributed by atoms with Gasteiger partial charge >= 0.3 is 0 Å². The van der Waals surface area contributed by atoms with Crippen LogP contribution in [0.1, 0.15) is 12.8 Å². The van der Waals surface area contributed by atoms with Crippen molar-refractivity contribution in [2.75, 3.05) is 18.0 Å². The molecule has 1 heterocycles. The average Bonchev–Trinajstić information content (AvgIpc) is 2.70. The maximum Gasteiger partial charge on any atom is 0.243 e. The van der Waals surface area contributed by atoms with Gasteiger partial charge in [-0.1, -0.05) is 11.6 Å². The Morgan fingerprint density at radius 3 is 2.67 bits per heavy atom. The molecule has 0 aromatic heterocycles. The highest BCUT2D eigenvalue weighted by molar-refractivity contribution is 7.92. The second-order valence-electron chi connectivity index (χ2n) is 4.79. The van der Waals surface area contributed by atoms with Crippen LogP contribution < -0.4 is 10.5 Å². The van der Waals surface area contributed by atoms with Crippen molar-refractivity contribution in [3.63, 3.8) is 0 Å². The minimum absolute atomic E-state index is 0.0252. The highest BCUT2D eigenvalue weighted by Gasteiger charge is 2.33. The number of sulfone groups is 1. The molecule has 1 aliphatic heterocycles. The van der Waals surface area contributed by atoms with Gasteiger partial charge in [0.2, 0.25) is 10.0 Å². The molecule has 0 radical (unpaired) electrons. The topological polar surface area (TPSA) is 106 Å². The number of benzene rings is 1. The number of rotatable bonds is 4. The van der Waals surface area contributed by atoms with Crippen LogP contribution in [-0.4, -0.2) is 34.4 Å². The highest BCUT2D eigenvalue weighted by atomic mass is 35.5. The van der Waals surface area contributed by atoms with Crippen LogP contribution in [0.3, 0.4) is 0 Å². The van der Waals surface area contributed by atoms with Crippen molar-refractivity contribution >= 4 is 37.1 Å². The first-order chi connectivity index (χ1) is 9.63. The Labute approximate surface area is 127 Å². The van der Waals surface area contributed by atoms with E-state index in [0.717, 1.165) is 12.1 Å². The van der Waals surface area contributed by atoms with Gasteiger partial charge in [0.25, 0.3) is 0 Å². The van der Waals surface area contributed by atoms with Gasteiger partial charge in [0, 0.05) is 11.6 Å². The first kappa shape index (κ1) is 16.5. The van der Waals surface area contributed by atoms with Crippen molar-refractivity contribution < 1.29 is 21.2 Å². The summed E-state index contributed by atoms with van der Waals surface area (Å²) in [5.41, 5.74) is 4.94. The molecular formula is C11H14ClFN2O4S2. The Balaban J connectivity index is 2.24. The summed E-state index contributed by atoms with van der Waals surface area (Å²) in [5, 5.41) is -0.811. The number of nitrogen functional groups attached to an aromatic ring is 1. The number of nitrogens with one attached hydrogen (secondary N) is 1. The van der Waals surface area contributed by atoms with Gasteiger partial charge in [-0.3, -0.25) is 0 Å². The Kier molecular flexibility index (Phi) is 4.48. The van der Waals surface area contributed by atoms with Gasteiger partial charge in [0.15, 0.2) is 15.7 Å². The van der Waals surface area contributed by atoms with E-state index in [2.05, 4.69) is 4.72 Å². The van der Waals surface area contributed by atoms with Crippen LogP contribution in [0.25, 0.3) is 0 Å². The molecule has 1 atom stereocenters. The summed E-state index contributed by atoms with van der Waals surface area (Å²) >= 11 is 5.67. The van der Waals surface area contributed by atoms with E-state index in [1.807, 2.05) is 0 Å². The fourth-order valence-electron chi connectivity index (χ4n) is 2.15. The third kappa shape index (κ3) is 3.47. The van der Waals surface area contributed by atoms with Crippen LogP contribution in [0, 0.1) is 5.82 Å². The van der Waals surface area contributed by atoms with Gasteiger partial charge in [-0.15, -0.1) is 0 Å². The normalized spacial score (nSPS) is 21.5. The van der Waals surface area contributed by atoms with Crippen LogP contribution in [0.2, 0.25) is 5.02 Å². The number of anilines is 1. The molecule has 0 saturated carbocycles. The van der Waals surface area contributed by atoms with Gasteiger partial charge < -0.3 is 5.73 Å². The molecule has 10 heteroatoms. The fraction of sp³-hybridized carbons (Fsp3) is 0.455. The quantitative estimate of drug-likeness (QED) is 0.780. The summed E-state index contributed by atoms with van der Waals surface area (Å²) < 4.78 is 63.3. The van der Waals surface area contributed by atoms with E-state index in [9.17, 15) is 21.2 Å². The number of hydrogen-bond donors (Lipinski definition) is 2. The second-order valence-corrected chi connectivity index (χ2v) is 9.36. The summed E-state index contributed by atoms with van der Waals surface area (Å²) in [6.07, 6.45) is 0.873. The number of nitrogens with two attached hydrogens (primary N) is 1. The summed E-state index contributed by atoms with van der Waals surface area (Å²) in [6, 6.07) is 2.02. The van der Waals surface area contributed by atoms with Crippen molar-refractivity contribution in [2.24, 2.45) is 0 Å². The maximum atomic E-state index is 13.8. The molecule has 118 valence electrons. The largest absolute Gasteiger partial charge is 0.396 e. The van der Waals surface area contributed by atoms with Crippen molar-refractivity contribution in [2.45, 2.75) is 23.0 Å². The molecule has 0 bridgehead atoms. The van der Waals surface area contributed by atoms with Gasteiger partial charge in [0.05, 0.1) is 16.7 Å². The van der Waals surface area contributed by atoms with Crippen molar-refractivity contribution in [3.05, 3.63) is 23.0 Å². The first-order valence-electron chi connectivity index (χ1n) is 6.09. The van der Waals surface area contributed by atoms with E-state index < -0.39 is 41.5 Å². The van der Waals surface area contributed by atoms with Gasteiger partial charge in [0.1, 0.15) is 4.90 Å². The van der Waals surface area contributed by atoms with Crippen LogP contribution in [0.15, 0.2) is 17.0 Å². The Bertz CT molecular complexity index is 765. The predicted molar refractivity (Wildman–Crippen MR) is 77.8 cm³/mol. The number of halogens is 2. The predicted octanol–water partition coefficient (Wildman–Crippen LogP) is 0.917. The molecule has 1 aromatic rings. The summed E-state index contributed by atoms with van der Waals surface area (Å²) in [5.74, 6) is -1.07. The number of sulfonamides is 1. The summed E-state index contributed by atoms with van der Waals surface area (Å²) in [6.45, 7) is -0.295. The van der Waals surface area contributed by atoms with Crippen molar-refractivity contribution in [1.82, 2.24) is 4.72 Å². The molecule has 0 amide bonds. The van der Waals surface area contributed by atoms with E-state index in [1.165, 1.54) is 0 Å². The zero-order valence-corrected chi connectivity index (χ0v) is 13.2. The second kappa shape index (κ2) is 5.71. The van der Waals surface area contributed by atoms with E-state index in [1.54, 1.807) is 0 Å². The van der Waals surface area contributed by atoms with Crippen LogP contribution in [0.4, 0.5) is 10.1 Å². The van der Waals surface area contributed by atoms with E-state index in [4.69, 9.17) is 17.3 Å². The van der Waals surface area contributed by atoms with Gasteiger partial charge in [-0.05, 0) is 25.0 Å². The molecule has 1 fully saturated rings. The molecule has 1 unspecified atom stereocenters. The lowest BCUT2D eigenvalue weighted by atomic mass is 10.2. The highest BCUT2D eigenvalue weighted by Crippen LogP contribution is 2.26. The molecule has 1 saturated heterocycles. The van der Waals surface area contributed by atoms with Crippen molar-refractivity contribution in [3.8, 4) is 0 Å². The lowest BCUT2D eigenvalue weighted by Gasteiger charge is -2.12. The monoisotopic (exact) mass is 356 g/mol. The van der Waals surface area contributed by atoms with E-state index in [-0.39, 0.29) is 17.3 Å². The van der Waals surface area contributed by atoms with E-state index in [0.29, 0.717) is 12.8 Å².